The number of aromatic amines is 2. The Labute approximate surface area is 208 Å². The van der Waals surface area contributed by atoms with Gasteiger partial charge in [-0.2, -0.15) is 5.10 Å². The number of benzene rings is 2. The standard InChI is InChI=1S/C27H30F2N6O/c1-3-34-8-6-20(7-9-34)35-14-24-25(15-35)31-27(30-24)26-22-13-21(4-5-23(22)32-33-26)36-16(2)17-10-18(28)12-19(29)11-17/h4-5,10-13,16,20H,3,6-9,14-15H2,1-2H3,(H,30,31)(H,32,33). The Hall–Kier alpha value is -3.30. The third kappa shape index (κ3) is 4.37. The molecule has 2 aromatic heterocycles. The van der Waals surface area contributed by atoms with Crippen LogP contribution in [-0.4, -0.2) is 55.6 Å². The second kappa shape index (κ2) is 9.29. The number of rotatable bonds is 6. The highest BCUT2D eigenvalue weighted by Gasteiger charge is 2.31. The Morgan fingerprint density at radius 2 is 1.86 bits per heavy atom. The fourth-order valence-corrected chi connectivity index (χ4v) is 5.46. The van der Waals surface area contributed by atoms with Gasteiger partial charge in [-0.05, 0) is 75.3 Å². The monoisotopic (exact) mass is 492 g/mol. The van der Waals surface area contributed by atoms with E-state index in [4.69, 9.17) is 9.72 Å². The molecular formula is C27H30F2N6O. The molecule has 2 N–H and O–H groups in total. The quantitative estimate of drug-likeness (QED) is 0.389. The predicted molar refractivity (Wildman–Crippen MR) is 133 cm³/mol. The van der Waals surface area contributed by atoms with Crippen molar-refractivity contribution in [3.63, 3.8) is 0 Å². The summed E-state index contributed by atoms with van der Waals surface area (Å²) in [6, 6.07) is 9.64. The normalized spacial score (nSPS) is 18.1. The van der Waals surface area contributed by atoms with Gasteiger partial charge < -0.3 is 14.6 Å². The summed E-state index contributed by atoms with van der Waals surface area (Å²) in [5.41, 5.74) is 4.29. The Bertz CT molecular complexity index is 1350. The number of nitrogens with one attached hydrogen (secondary N) is 2. The maximum absolute atomic E-state index is 13.6. The molecule has 188 valence electrons. The molecular weight excluding hydrogens is 462 g/mol. The zero-order valence-electron chi connectivity index (χ0n) is 20.5. The molecule has 7 nitrogen and oxygen atoms in total. The van der Waals surface area contributed by atoms with Crippen molar-refractivity contribution in [1.82, 2.24) is 30.0 Å². The highest BCUT2D eigenvalue weighted by atomic mass is 19.1. The van der Waals surface area contributed by atoms with Gasteiger partial charge >= 0.3 is 0 Å². The number of halogens is 2. The molecule has 1 saturated heterocycles. The molecule has 1 unspecified atom stereocenters. The van der Waals surface area contributed by atoms with Gasteiger partial charge in [0.2, 0.25) is 0 Å². The zero-order chi connectivity index (χ0) is 24.8. The summed E-state index contributed by atoms with van der Waals surface area (Å²) in [6.07, 6.45) is 1.89. The fraction of sp³-hybridized carbons (Fsp3) is 0.407. The highest BCUT2D eigenvalue weighted by molar-refractivity contribution is 5.92. The largest absolute Gasteiger partial charge is 0.486 e. The maximum atomic E-state index is 13.6. The van der Waals surface area contributed by atoms with Gasteiger partial charge in [0.05, 0.1) is 16.9 Å². The van der Waals surface area contributed by atoms with Crippen molar-refractivity contribution >= 4 is 10.9 Å². The van der Waals surface area contributed by atoms with Crippen molar-refractivity contribution in [3.05, 3.63) is 65.0 Å². The molecule has 2 aliphatic rings. The minimum atomic E-state index is -0.621. The van der Waals surface area contributed by atoms with Crippen LogP contribution in [-0.2, 0) is 13.1 Å². The van der Waals surface area contributed by atoms with Crippen molar-refractivity contribution in [2.75, 3.05) is 19.6 Å². The molecule has 0 aliphatic carbocycles. The topological polar surface area (TPSA) is 73.1 Å². The summed E-state index contributed by atoms with van der Waals surface area (Å²) in [5, 5.41) is 8.46. The molecule has 36 heavy (non-hydrogen) atoms. The summed E-state index contributed by atoms with van der Waals surface area (Å²) in [6.45, 7) is 9.21. The van der Waals surface area contributed by atoms with Crippen LogP contribution in [0.25, 0.3) is 22.4 Å². The molecule has 2 aromatic carbocycles. The Morgan fingerprint density at radius 3 is 2.58 bits per heavy atom. The van der Waals surface area contributed by atoms with E-state index in [9.17, 15) is 8.78 Å². The Balaban J connectivity index is 1.19. The lowest BCUT2D eigenvalue weighted by Crippen LogP contribution is -2.42. The summed E-state index contributed by atoms with van der Waals surface area (Å²) in [5.74, 6) is 0.0860. The van der Waals surface area contributed by atoms with Crippen LogP contribution in [0, 0.1) is 11.6 Å². The van der Waals surface area contributed by atoms with Crippen LogP contribution >= 0.6 is 0 Å². The third-order valence-electron chi connectivity index (χ3n) is 7.52. The van der Waals surface area contributed by atoms with Crippen LogP contribution in [0.3, 0.4) is 0 Å². The second-order valence-electron chi connectivity index (χ2n) is 9.82. The first-order valence-electron chi connectivity index (χ1n) is 12.6. The van der Waals surface area contributed by atoms with Gasteiger partial charge in [-0.3, -0.25) is 10.00 Å². The molecule has 1 atom stereocenters. The first kappa shape index (κ1) is 23.1. The number of fused-ring (bicyclic) bond motifs is 2. The van der Waals surface area contributed by atoms with Gasteiger partial charge in [-0.1, -0.05) is 6.92 Å². The third-order valence-corrected chi connectivity index (χ3v) is 7.52. The van der Waals surface area contributed by atoms with Crippen molar-refractivity contribution < 1.29 is 13.5 Å². The zero-order valence-corrected chi connectivity index (χ0v) is 20.5. The van der Waals surface area contributed by atoms with E-state index in [-0.39, 0.29) is 0 Å². The van der Waals surface area contributed by atoms with Crippen molar-refractivity contribution in [1.29, 1.82) is 0 Å². The van der Waals surface area contributed by atoms with Crippen LogP contribution in [0.1, 0.15) is 49.7 Å². The van der Waals surface area contributed by atoms with Gasteiger partial charge in [0.1, 0.15) is 29.2 Å². The molecule has 0 amide bonds. The molecule has 1 fully saturated rings. The molecule has 2 aliphatic heterocycles. The molecule has 6 rings (SSSR count). The van der Waals surface area contributed by atoms with Gasteiger partial charge in [0, 0.05) is 30.6 Å². The Morgan fingerprint density at radius 1 is 1.08 bits per heavy atom. The molecule has 0 saturated carbocycles. The van der Waals surface area contributed by atoms with Crippen LogP contribution in [0.5, 0.6) is 5.75 Å². The number of aromatic nitrogens is 4. The number of likely N-dealkylation sites (tertiary alicyclic amines) is 1. The second-order valence-corrected chi connectivity index (χ2v) is 9.82. The molecule has 4 aromatic rings. The van der Waals surface area contributed by atoms with Crippen LogP contribution in [0.2, 0.25) is 0 Å². The van der Waals surface area contributed by atoms with Gasteiger partial charge in [-0.25, -0.2) is 13.8 Å². The van der Waals surface area contributed by atoms with Gasteiger partial charge in [0.15, 0.2) is 5.82 Å². The first-order chi connectivity index (χ1) is 17.5. The highest BCUT2D eigenvalue weighted by Crippen LogP contribution is 2.33. The van der Waals surface area contributed by atoms with Crippen LogP contribution in [0.4, 0.5) is 8.78 Å². The number of hydrogen-bond donors (Lipinski definition) is 2. The van der Waals surface area contributed by atoms with E-state index in [0.717, 1.165) is 59.5 Å². The summed E-state index contributed by atoms with van der Waals surface area (Å²) >= 11 is 0. The lowest BCUT2D eigenvalue weighted by molar-refractivity contribution is 0.108. The SMILES string of the molecule is CCN1CCC(N2Cc3nc(-c4n[nH]c5ccc(OC(C)c6cc(F)cc(F)c6)cc45)[nH]c3C2)CC1. The van der Waals surface area contributed by atoms with Crippen molar-refractivity contribution in [2.45, 2.75) is 51.9 Å². The van der Waals surface area contributed by atoms with E-state index in [1.54, 1.807) is 6.92 Å². The van der Waals surface area contributed by atoms with E-state index in [1.807, 2.05) is 18.2 Å². The van der Waals surface area contributed by atoms with Gasteiger partial charge in [0.25, 0.3) is 0 Å². The maximum Gasteiger partial charge on any atom is 0.159 e. The van der Waals surface area contributed by atoms with E-state index in [2.05, 4.69) is 31.9 Å². The minimum Gasteiger partial charge on any atom is -0.486 e. The fourth-order valence-electron chi connectivity index (χ4n) is 5.46. The summed E-state index contributed by atoms with van der Waals surface area (Å²) in [7, 11) is 0. The number of hydrogen-bond acceptors (Lipinski definition) is 5. The van der Waals surface area contributed by atoms with E-state index < -0.39 is 17.7 Å². The smallest absolute Gasteiger partial charge is 0.159 e. The van der Waals surface area contributed by atoms with Crippen molar-refractivity contribution in [2.24, 2.45) is 0 Å². The number of imidazole rings is 1. The molecule has 0 bridgehead atoms. The predicted octanol–water partition coefficient (Wildman–Crippen LogP) is 5.17. The van der Waals surface area contributed by atoms with E-state index in [1.165, 1.54) is 38.1 Å². The first-order valence-corrected chi connectivity index (χ1v) is 12.6. The van der Waals surface area contributed by atoms with Crippen LogP contribution < -0.4 is 4.74 Å². The molecule has 0 radical (unpaired) electrons. The van der Waals surface area contributed by atoms with E-state index in [0.29, 0.717) is 17.4 Å². The number of ether oxygens (including phenoxy) is 1. The van der Waals surface area contributed by atoms with E-state index >= 15 is 0 Å². The number of nitrogens with zero attached hydrogens (tertiary/aromatic N) is 4. The summed E-state index contributed by atoms with van der Waals surface area (Å²) < 4.78 is 33.3. The lowest BCUT2D eigenvalue weighted by atomic mass is 10.0. The average molecular weight is 493 g/mol. The van der Waals surface area contributed by atoms with Gasteiger partial charge in [-0.15, -0.1) is 0 Å². The lowest BCUT2D eigenvalue weighted by Gasteiger charge is -2.36. The van der Waals surface area contributed by atoms with Crippen LogP contribution in [0.15, 0.2) is 36.4 Å². The van der Waals surface area contributed by atoms with Crippen molar-refractivity contribution in [3.8, 4) is 17.3 Å². The number of piperidine rings is 1. The molecule has 4 heterocycles. The molecule has 0 spiro atoms. The minimum absolute atomic E-state index is 0.437. The Kier molecular flexibility index (Phi) is 5.97. The number of H-pyrrole nitrogens is 2. The summed E-state index contributed by atoms with van der Waals surface area (Å²) in [4.78, 5) is 13.5. The average Bonchev–Trinajstić information content (AvgIpc) is 3.56. The molecule has 9 heteroatoms.